The highest BCUT2D eigenvalue weighted by Crippen LogP contribution is 2.25. The molecule has 8 nitrogen and oxygen atoms in total. The van der Waals surface area contributed by atoms with Gasteiger partial charge in [-0.1, -0.05) is 48.0 Å². The van der Waals surface area contributed by atoms with Gasteiger partial charge in [-0.25, -0.2) is 4.98 Å². The van der Waals surface area contributed by atoms with Crippen molar-refractivity contribution in [2.75, 3.05) is 36.6 Å². The molecule has 0 bridgehead atoms. The van der Waals surface area contributed by atoms with Gasteiger partial charge in [0.25, 0.3) is 0 Å². The molecule has 0 aliphatic carbocycles. The number of aromatic nitrogens is 4. The zero-order valence-electron chi connectivity index (χ0n) is 17.3. The molecule has 2 aromatic carbocycles. The normalized spacial score (nSPS) is 14.4. The fraction of sp³-hybridized carbons (Fsp3) is 0.217. The molecule has 0 atom stereocenters. The van der Waals surface area contributed by atoms with Crippen LogP contribution in [-0.4, -0.2) is 52.0 Å². The van der Waals surface area contributed by atoms with E-state index < -0.39 is 0 Å². The fourth-order valence-electron chi connectivity index (χ4n) is 3.57. The van der Waals surface area contributed by atoms with Crippen LogP contribution in [0.5, 0.6) is 0 Å². The van der Waals surface area contributed by atoms with Gasteiger partial charge in [0, 0.05) is 18.8 Å². The summed E-state index contributed by atoms with van der Waals surface area (Å²) in [5.41, 5.74) is 7.68. The highest BCUT2D eigenvalue weighted by Gasteiger charge is 2.19. The number of nitrogens with zero attached hydrogens (tertiary/aromatic N) is 6. The number of hydrogen-bond donors (Lipinski definition) is 1. The maximum Gasteiger partial charge on any atom is 0.229 e. The van der Waals surface area contributed by atoms with E-state index in [0.717, 1.165) is 30.0 Å². The Bertz CT molecular complexity index is 1210. The quantitative estimate of drug-likeness (QED) is 0.399. The Balaban J connectivity index is 1.54. The Morgan fingerprint density at radius 1 is 1.03 bits per heavy atom. The number of aryl methyl sites for hydroxylation is 1. The Morgan fingerprint density at radius 2 is 1.87 bits per heavy atom. The maximum absolute atomic E-state index is 5.49. The minimum atomic E-state index is 0.574. The highest BCUT2D eigenvalue weighted by atomic mass is 16.5. The van der Waals surface area contributed by atoms with Crippen LogP contribution in [-0.2, 0) is 4.74 Å². The van der Waals surface area contributed by atoms with Gasteiger partial charge in [-0.2, -0.15) is 15.1 Å². The fourth-order valence-corrected chi connectivity index (χ4v) is 3.57. The molecule has 1 N–H and O–H groups in total. The van der Waals surface area contributed by atoms with Crippen LogP contribution >= 0.6 is 0 Å². The molecule has 0 spiro atoms. The first-order chi connectivity index (χ1) is 15.3. The number of fused-ring (bicyclic) bond motifs is 1. The molecule has 3 heterocycles. The van der Waals surface area contributed by atoms with Crippen LogP contribution in [0.2, 0.25) is 0 Å². The molecule has 1 fully saturated rings. The van der Waals surface area contributed by atoms with Gasteiger partial charge in [-0.05, 0) is 24.6 Å². The van der Waals surface area contributed by atoms with Crippen LogP contribution in [0.3, 0.4) is 0 Å². The second kappa shape index (κ2) is 8.53. The summed E-state index contributed by atoms with van der Waals surface area (Å²) in [6.07, 6.45) is 3.55. The largest absolute Gasteiger partial charge is 0.378 e. The third-order valence-electron chi connectivity index (χ3n) is 5.14. The second-order valence-electron chi connectivity index (χ2n) is 7.38. The van der Waals surface area contributed by atoms with Crippen LogP contribution < -0.4 is 10.3 Å². The Kier molecular flexibility index (Phi) is 5.28. The summed E-state index contributed by atoms with van der Waals surface area (Å²) in [5.74, 6) is 1.21. The molecule has 1 aliphatic heterocycles. The predicted octanol–water partition coefficient (Wildman–Crippen LogP) is 3.41. The van der Waals surface area contributed by atoms with Gasteiger partial charge < -0.3 is 9.64 Å². The zero-order chi connectivity index (χ0) is 21.0. The number of nitrogens with one attached hydrogen (secondary N) is 1. The van der Waals surface area contributed by atoms with E-state index in [4.69, 9.17) is 14.7 Å². The standard InChI is InChI=1S/C23H23N7O/c1-17-6-5-7-18(14-17)15-25-28-21-20-22(27-23(26-21)29-10-12-31-13-11-29)30(16-24-20)19-8-3-2-4-9-19/h2-9,14-16H,10-13H2,1H3,(H,26,27,28)/b25-15+. The first-order valence-corrected chi connectivity index (χ1v) is 10.3. The van der Waals surface area contributed by atoms with Crippen molar-refractivity contribution in [1.29, 1.82) is 0 Å². The number of para-hydroxylation sites is 1. The maximum atomic E-state index is 5.49. The number of morpholine rings is 1. The van der Waals surface area contributed by atoms with E-state index in [1.165, 1.54) is 5.56 Å². The van der Waals surface area contributed by atoms with E-state index in [1.54, 1.807) is 12.5 Å². The summed E-state index contributed by atoms with van der Waals surface area (Å²) >= 11 is 0. The third kappa shape index (κ3) is 4.10. The molecule has 8 heteroatoms. The minimum Gasteiger partial charge on any atom is -0.378 e. The molecule has 156 valence electrons. The van der Waals surface area contributed by atoms with E-state index in [2.05, 4.69) is 39.5 Å². The molecule has 31 heavy (non-hydrogen) atoms. The molecule has 0 unspecified atom stereocenters. The van der Waals surface area contributed by atoms with Crippen molar-refractivity contribution in [3.63, 3.8) is 0 Å². The molecule has 0 radical (unpaired) electrons. The average molecular weight is 413 g/mol. The Hall–Kier alpha value is -3.78. The van der Waals surface area contributed by atoms with Gasteiger partial charge in [0.05, 0.1) is 19.4 Å². The number of rotatable bonds is 5. The summed E-state index contributed by atoms with van der Waals surface area (Å²) in [4.78, 5) is 16.3. The molecular formula is C23H23N7O. The number of ether oxygens (including phenoxy) is 1. The summed E-state index contributed by atoms with van der Waals surface area (Å²) < 4.78 is 7.46. The second-order valence-corrected chi connectivity index (χ2v) is 7.38. The van der Waals surface area contributed by atoms with E-state index in [1.807, 2.05) is 47.0 Å². The first-order valence-electron chi connectivity index (χ1n) is 10.3. The third-order valence-corrected chi connectivity index (χ3v) is 5.14. The van der Waals surface area contributed by atoms with E-state index >= 15 is 0 Å². The Labute approximate surface area is 180 Å². The molecule has 1 saturated heterocycles. The molecule has 0 saturated carbocycles. The lowest BCUT2D eigenvalue weighted by molar-refractivity contribution is 0.122. The van der Waals surface area contributed by atoms with Crippen molar-refractivity contribution in [2.24, 2.45) is 5.10 Å². The number of hydrazone groups is 1. The lowest BCUT2D eigenvalue weighted by atomic mass is 10.2. The van der Waals surface area contributed by atoms with Crippen molar-refractivity contribution < 1.29 is 4.74 Å². The smallest absolute Gasteiger partial charge is 0.229 e. The molecule has 4 aromatic rings. The number of hydrogen-bond acceptors (Lipinski definition) is 7. The topological polar surface area (TPSA) is 80.5 Å². The van der Waals surface area contributed by atoms with Crippen LogP contribution in [0.15, 0.2) is 66.0 Å². The van der Waals surface area contributed by atoms with E-state index in [9.17, 15) is 0 Å². The summed E-state index contributed by atoms with van der Waals surface area (Å²) in [5, 5.41) is 4.41. The van der Waals surface area contributed by atoms with Crippen molar-refractivity contribution >= 4 is 29.1 Å². The molecule has 5 rings (SSSR count). The summed E-state index contributed by atoms with van der Waals surface area (Å²) in [6, 6.07) is 18.2. The monoisotopic (exact) mass is 413 g/mol. The van der Waals surface area contributed by atoms with Gasteiger partial charge in [-0.15, -0.1) is 0 Å². The lowest BCUT2D eigenvalue weighted by Gasteiger charge is -2.27. The van der Waals surface area contributed by atoms with Gasteiger partial charge in [0.1, 0.15) is 6.33 Å². The van der Waals surface area contributed by atoms with Crippen LogP contribution in [0, 0.1) is 6.92 Å². The van der Waals surface area contributed by atoms with Gasteiger partial charge in [0.2, 0.25) is 5.95 Å². The summed E-state index contributed by atoms with van der Waals surface area (Å²) in [7, 11) is 0. The number of benzene rings is 2. The summed E-state index contributed by atoms with van der Waals surface area (Å²) in [6.45, 7) is 4.87. The van der Waals surface area contributed by atoms with E-state index in [0.29, 0.717) is 30.5 Å². The molecular weight excluding hydrogens is 390 g/mol. The van der Waals surface area contributed by atoms with Crippen LogP contribution in [0.1, 0.15) is 11.1 Å². The van der Waals surface area contributed by atoms with Gasteiger partial charge >= 0.3 is 0 Å². The zero-order valence-corrected chi connectivity index (χ0v) is 17.3. The van der Waals surface area contributed by atoms with Gasteiger partial charge in [-0.3, -0.25) is 9.99 Å². The molecule has 1 aliphatic rings. The lowest BCUT2D eigenvalue weighted by Crippen LogP contribution is -2.37. The number of imidazole rings is 1. The SMILES string of the molecule is Cc1cccc(/C=N/Nc2nc(N3CCOCC3)nc3c2ncn3-c2ccccc2)c1. The van der Waals surface area contributed by atoms with Crippen LogP contribution in [0.4, 0.5) is 11.8 Å². The van der Waals surface area contributed by atoms with Crippen molar-refractivity contribution in [1.82, 2.24) is 19.5 Å². The predicted molar refractivity (Wildman–Crippen MR) is 122 cm³/mol. The minimum absolute atomic E-state index is 0.574. The van der Waals surface area contributed by atoms with Crippen molar-refractivity contribution in [3.05, 3.63) is 72.1 Å². The van der Waals surface area contributed by atoms with Crippen LogP contribution in [0.25, 0.3) is 16.9 Å². The molecule has 0 amide bonds. The van der Waals surface area contributed by atoms with Gasteiger partial charge in [0.15, 0.2) is 17.0 Å². The van der Waals surface area contributed by atoms with Crippen molar-refractivity contribution in [2.45, 2.75) is 6.92 Å². The molecule has 2 aromatic heterocycles. The average Bonchev–Trinajstić information content (AvgIpc) is 3.24. The van der Waals surface area contributed by atoms with E-state index in [-0.39, 0.29) is 0 Å². The first kappa shape index (κ1) is 19.2. The Morgan fingerprint density at radius 3 is 2.68 bits per heavy atom. The highest BCUT2D eigenvalue weighted by molar-refractivity contribution is 5.87. The van der Waals surface area contributed by atoms with Crippen molar-refractivity contribution in [3.8, 4) is 5.69 Å². The number of anilines is 2.